The number of hydrogen-bond donors (Lipinski definition) is 2. The first kappa shape index (κ1) is 17.0. The molecule has 2 amide bonds. The predicted molar refractivity (Wildman–Crippen MR) is 101 cm³/mol. The number of nitrogens with zero attached hydrogens (tertiary/aromatic N) is 1. The van der Waals surface area contributed by atoms with Crippen molar-refractivity contribution in [2.75, 3.05) is 28.6 Å². The molecule has 1 aliphatic rings. The van der Waals surface area contributed by atoms with Crippen LogP contribution in [0.25, 0.3) is 0 Å². The highest BCUT2D eigenvalue weighted by Crippen LogP contribution is 2.22. The number of benzene rings is 2. The molecule has 1 aliphatic heterocycles. The van der Waals surface area contributed by atoms with Crippen LogP contribution in [0.2, 0.25) is 0 Å². The fraction of sp³-hybridized carbons (Fsp3) is 0.300. The van der Waals surface area contributed by atoms with Crippen LogP contribution in [0.3, 0.4) is 0 Å². The minimum absolute atomic E-state index is 0.613. The maximum Gasteiger partial charge on any atom is 0.314 e. The number of hydrogen-bond acceptors (Lipinski definition) is 3. The van der Waals surface area contributed by atoms with Crippen LogP contribution < -0.4 is 15.5 Å². The molecule has 5 nitrogen and oxygen atoms in total. The van der Waals surface area contributed by atoms with Crippen LogP contribution in [0, 0.1) is 0 Å². The second-order valence-corrected chi connectivity index (χ2v) is 6.20. The van der Waals surface area contributed by atoms with Gasteiger partial charge in [-0.15, -0.1) is 0 Å². The predicted octanol–water partition coefficient (Wildman–Crippen LogP) is 3.43. The molecule has 0 unspecified atom stereocenters. The van der Waals surface area contributed by atoms with E-state index in [0.29, 0.717) is 11.4 Å². The first-order valence-corrected chi connectivity index (χ1v) is 8.72. The summed E-state index contributed by atoms with van der Waals surface area (Å²) in [6.07, 6.45) is 3.37. The smallest absolute Gasteiger partial charge is 0.314 e. The van der Waals surface area contributed by atoms with Gasteiger partial charge in [0.15, 0.2) is 0 Å². The lowest BCUT2D eigenvalue weighted by molar-refractivity contribution is -0.132. The molecule has 1 fully saturated rings. The lowest BCUT2D eigenvalue weighted by Crippen LogP contribution is -2.29. The van der Waals surface area contributed by atoms with E-state index in [1.807, 2.05) is 36.4 Å². The molecule has 0 aromatic heterocycles. The van der Waals surface area contributed by atoms with Gasteiger partial charge in [0.05, 0.1) is 0 Å². The van der Waals surface area contributed by atoms with Gasteiger partial charge in [0.1, 0.15) is 0 Å². The molecule has 2 N–H and O–H groups in total. The van der Waals surface area contributed by atoms with Crippen molar-refractivity contribution in [2.24, 2.45) is 0 Å². The molecular formula is C20H23N3O2. The first-order chi connectivity index (χ1) is 12.2. The number of aryl methyl sites for hydroxylation is 1. The summed E-state index contributed by atoms with van der Waals surface area (Å²) >= 11 is 0. The zero-order chi connectivity index (χ0) is 17.6. The molecule has 3 rings (SSSR count). The van der Waals surface area contributed by atoms with E-state index in [0.717, 1.165) is 25.2 Å². The van der Waals surface area contributed by atoms with Gasteiger partial charge in [-0.2, -0.15) is 0 Å². The standard InChI is InChI=1S/C20H23N3O2/c1-2-15-5-7-16(8-6-15)21-19(24)20(25)22-17-9-11-18(12-10-17)23-13-3-4-14-23/h5-12H,2-4,13-14H2,1H3,(H,21,24)(H,22,25). The van der Waals surface area contributed by atoms with Gasteiger partial charge < -0.3 is 15.5 Å². The van der Waals surface area contributed by atoms with Gasteiger partial charge >= 0.3 is 11.8 Å². The van der Waals surface area contributed by atoms with Crippen molar-refractivity contribution < 1.29 is 9.59 Å². The molecule has 130 valence electrons. The van der Waals surface area contributed by atoms with Crippen LogP contribution in [0.5, 0.6) is 0 Å². The average molecular weight is 337 g/mol. The maximum atomic E-state index is 12.0. The Morgan fingerprint density at radius 1 is 0.840 bits per heavy atom. The Balaban J connectivity index is 1.56. The molecule has 1 saturated heterocycles. The summed E-state index contributed by atoms with van der Waals surface area (Å²) in [5.74, 6) is -1.35. The monoisotopic (exact) mass is 337 g/mol. The summed E-state index contributed by atoms with van der Waals surface area (Å²) in [5.41, 5.74) is 3.56. The third-order valence-electron chi connectivity index (χ3n) is 4.42. The fourth-order valence-electron chi connectivity index (χ4n) is 2.93. The van der Waals surface area contributed by atoms with Gasteiger partial charge in [-0.05, 0) is 61.2 Å². The zero-order valence-corrected chi connectivity index (χ0v) is 14.4. The molecule has 1 heterocycles. The lowest BCUT2D eigenvalue weighted by Gasteiger charge is -2.17. The summed E-state index contributed by atoms with van der Waals surface area (Å²) in [5, 5.41) is 5.24. The largest absolute Gasteiger partial charge is 0.372 e. The second-order valence-electron chi connectivity index (χ2n) is 6.20. The zero-order valence-electron chi connectivity index (χ0n) is 14.4. The van der Waals surface area contributed by atoms with Crippen molar-refractivity contribution in [2.45, 2.75) is 26.2 Å². The van der Waals surface area contributed by atoms with E-state index in [9.17, 15) is 9.59 Å². The van der Waals surface area contributed by atoms with Gasteiger partial charge in [-0.3, -0.25) is 9.59 Å². The van der Waals surface area contributed by atoms with Crippen molar-refractivity contribution in [3.63, 3.8) is 0 Å². The quantitative estimate of drug-likeness (QED) is 0.840. The Morgan fingerprint density at radius 2 is 1.32 bits per heavy atom. The molecule has 0 radical (unpaired) electrons. The molecule has 25 heavy (non-hydrogen) atoms. The SMILES string of the molecule is CCc1ccc(NC(=O)C(=O)Nc2ccc(N3CCCC3)cc2)cc1. The van der Waals surface area contributed by atoms with Crippen molar-refractivity contribution >= 4 is 28.9 Å². The van der Waals surface area contributed by atoms with E-state index in [-0.39, 0.29) is 0 Å². The average Bonchev–Trinajstić information content (AvgIpc) is 3.17. The molecule has 0 bridgehead atoms. The Hall–Kier alpha value is -2.82. The number of nitrogens with one attached hydrogen (secondary N) is 2. The van der Waals surface area contributed by atoms with Crippen LogP contribution >= 0.6 is 0 Å². The lowest BCUT2D eigenvalue weighted by atomic mass is 10.1. The molecule has 0 aliphatic carbocycles. The van der Waals surface area contributed by atoms with Crippen molar-refractivity contribution in [3.05, 3.63) is 54.1 Å². The van der Waals surface area contributed by atoms with Gasteiger partial charge in [0, 0.05) is 30.2 Å². The van der Waals surface area contributed by atoms with E-state index in [1.54, 1.807) is 12.1 Å². The Labute approximate surface area is 148 Å². The Bertz CT molecular complexity index is 733. The topological polar surface area (TPSA) is 61.4 Å². The number of carbonyl (C=O) groups excluding carboxylic acids is 2. The van der Waals surface area contributed by atoms with Crippen molar-refractivity contribution in [3.8, 4) is 0 Å². The molecule has 0 spiro atoms. The Morgan fingerprint density at radius 3 is 1.80 bits per heavy atom. The second kappa shape index (κ2) is 7.83. The van der Waals surface area contributed by atoms with Crippen molar-refractivity contribution in [1.29, 1.82) is 0 Å². The minimum atomic E-state index is -0.673. The minimum Gasteiger partial charge on any atom is -0.372 e. The summed E-state index contributed by atoms with van der Waals surface area (Å²) in [4.78, 5) is 26.4. The number of anilines is 3. The van der Waals surface area contributed by atoms with E-state index >= 15 is 0 Å². The van der Waals surface area contributed by atoms with Crippen molar-refractivity contribution in [1.82, 2.24) is 0 Å². The number of rotatable bonds is 4. The van der Waals surface area contributed by atoms with E-state index in [2.05, 4.69) is 22.5 Å². The molecule has 2 aromatic carbocycles. The van der Waals surface area contributed by atoms with Gasteiger partial charge in [0.25, 0.3) is 0 Å². The third kappa shape index (κ3) is 4.38. The van der Waals surface area contributed by atoms with E-state index < -0.39 is 11.8 Å². The highest BCUT2D eigenvalue weighted by molar-refractivity contribution is 6.43. The third-order valence-corrected chi connectivity index (χ3v) is 4.42. The highest BCUT2D eigenvalue weighted by atomic mass is 16.2. The van der Waals surface area contributed by atoms with E-state index in [4.69, 9.17) is 0 Å². The van der Waals surface area contributed by atoms with Crippen LogP contribution in [0.1, 0.15) is 25.3 Å². The van der Waals surface area contributed by atoms with Crippen LogP contribution in [0.15, 0.2) is 48.5 Å². The summed E-state index contributed by atoms with van der Waals surface area (Å²) in [6.45, 7) is 4.21. The van der Waals surface area contributed by atoms with Crippen LogP contribution in [-0.2, 0) is 16.0 Å². The molecule has 5 heteroatoms. The summed E-state index contributed by atoms with van der Waals surface area (Å²) < 4.78 is 0. The highest BCUT2D eigenvalue weighted by Gasteiger charge is 2.15. The summed E-state index contributed by atoms with van der Waals surface area (Å²) in [6, 6.07) is 15.1. The normalized spacial score (nSPS) is 13.6. The fourth-order valence-corrected chi connectivity index (χ4v) is 2.93. The van der Waals surface area contributed by atoms with Crippen LogP contribution in [0.4, 0.5) is 17.1 Å². The Kier molecular flexibility index (Phi) is 5.33. The molecule has 0 saturated carbocycles. The first-order valence-electron chi connectivity index (χ1n) is 8.72. The van der Waals surface area contributed by atoms with Gasteiger partial charge in [0.2, 0.25) is 0 Å². The van der Waals surface area contributed by atoms with E-state index in [1.165, 1.54) is 18.4 Å². The molecule has 0 atom stereocenters. The number of carbonyl (C=O) groups is 2. The van der Waals surface area contributed by atoms with Gasteiger partial charge in [-0.25, -0.2) is 0 Å². The maximum absolute atomic E-state index is 12.0. The van der Waals surface area contributed by atoms with Crippen LogP contribution in [-0.4, -0.2) is 24.9 Å². The molecular weight excluding hydrogens is 314 g/mol. The van der Waals surface area contributed by atoms with Gasteiger partial charge in [-0.1, -0.05) is 19.1 Å². The molecule has 2 aromatic rings. The number of amides is 2. The summed E-state index contributed by atoms with van der Waals surface area (Å²) in [7, 11) is 0.